The van der Waals surface area contributed by atoms with Gasteiger partial charge >= 0.3 is 5.97 Å². The Morgan fingerprint density at radius 3 is 2.69 bits per heavy atom. The molecule has 0 aromatic heterocycles. The summed E-state index contributed by atoms with van der Waals surface area (Å²) in [7, 11) is 1.36. The molecule has 0 atom stereocenters. The summed E-state index contributed by atoms with van der Waals surface area (Å²) in [5.74, 6) is -2.74. The minimum Gasteiger partial charge on any atom is -0.478 e. The summed E-state index contributed by atoms with van der Waals surface area (Å²) < 4.78 is 30.7. The van der Waals surface area contributed by atoms with Gasteiger partial charge in [0, 0.05) is 24.8 Å². The van der Waals surface area contributed by atoms with Crippen molar-refractivity contribution in [3.05, 3.63) is 41.5 Å². The Balaban J connectivity index is 3.16. The van der Waals surface area contributed by atoms with E-state index in [4.69, 9.17) is 9.84 Å². The van der Waals surface area contributed by atoms with Gasteiger partial charge in [0.25, 0.3) is 0 Å². The smallest absolute Gasteiger partial charge is 0.328 e. The molecular formula is C11H10F2O3. The van der Waals surface area contributed by atoms with E-state index < -0.39 is 17.6 Å². The van der Waals surface area contributed by atoms with Crippen LogP contribution in [-0.2, 0) is 9.53 Å². The van der Waals surface area contributed by atoms with E-state index in [-0.39, 0.29) is 17.7 Å². The SMILES string of the molecule is COC/C(=C\C(=O)O)c1ccc(F)cc1F. The van der Waals surface area contributed by atoms with Crippen LogP contribution in [0.25, 0.3) is 5.57 Å². The molecule has 86 valence electrons. The lowest BCUT2D eigenvalue weighted by molar-refractivity contribution is -0.131. The standard InChI is InChI=1S/C11H10F2O3/c1-16-6-7(4-11(14)15)9-3-2-8(12)5-10(9)13/h2-5H,6H2,1H3,(H,14,15)/b7-4+. The van der Waals surface area contributed by atoms with Gasteiger partial charge in [0.15, 0.2) is 0 Å². The largest absolute Gasteiger partial charge is 0.478 e. The molecule has 0 aliphatic carbocycles. The molecule has 0 aliphatic heterocycles. The Morgan fingerprint density at radius 1 is 1.50 bits per heavy atom. The van der Waals surface area contributed by atoms with Crippen LogP contribution in [0.2, 0.25) is 0 Å². The van der Waals surface area contributed by atoms with Crippen molar-refractivity contribution < 1.29 is 23.4 Å². The summed E-state index contributed by atoms with van der Waals surface area (Å²) in [4.78, 5) is 10.5. The van der Waals surface area contributed by atoms with Crippen molar-refractivity contribution in [3.8, 4) is 0 Å². The number of carboxylic acid groups (broad SMARTS) is 1. The third-order valence-electron chi connectivity index (χ3n) is 1.87. The monoisotopic (exact) mass is 228 g/mol. The van der Waals surface area contributed by atoms with Crippen molar-refractivity contribution in [1.29, 1.82) is 0 Å². The molecule has 16 heavy (non-hydrogen) atoms. The third kappa shape index (κ3) is 3.13. The van der Waals surface area contributed by atoms with E-state index in [0.29, 0.717) is 6.07 Å². The van der Waals surface area contributed by atoms with Gasteiger partial charge in [-0.3, -0.25) is 0 Å². The summed E-state index contributed by atoms with van der Waals surface area (Å²) in [5, 5.41) is 8.59. The quantitative estimate of drug-likeness (QED) is 0.802. The zero-order chi connectivity index (χ0) is 12.1. The first-order chi connectivity index (χ1) is 7.54. The molecule has 0 radical (unpaired) electrons. The second kappa shape index (κ2) is 5.37. The number of halogens is 2. The minimum absolute atomic E-state index is 0.0191. The molecule has 0 spiro atoms. The lowest BCUT2D eigenvalue weighted by Gasteiger charge is -2.07. The predicted molar refractivity (Wildman–Crippen MR) is 53.8 cm³/mol. The normalized spacial score (nSPS) is 11.6. The van der Waals surface area contributed by atoms with E-state index >= 15 is 0 Å². The number of aliphatic carboxylic acids is 1. The Labute approximate surface area is 91.0 Å². The molecule has 0 bridgehead atoms. The zero-order valence-electron chi connectivity index (χ0n) is 8.54. The highest BCUT2D eigenvalue weighted by molar-refractivity contribution is 5.90. The lowest BCUT2D eigenvalue weighted by atomic mass is 10.1. The van der Waals surface area contributed by atoms with Crippen molar-refractivity contribution in [1.82, 2.24) is 0 Å². The van der Waals surface area contributed by atoms with Gasteiger partial charge in [0.05, 0.1) is 6.61 Å². The first-order valence-electron chi connectivity index (χ1n) is 4.42. The van der Waals surface area contributed by atoms with Gasteiger partial charge in [-0.15, -0.1) is 0 Å². The summed E-state index contributed by atoms with van der Waals surface area (Å²) in [5.41, 5.74) is 0.165. The topological polar surface area (TPSA) is 46.5 Å². The molecule has 5 heteroatoms. The highest BCUT2D eigenvalue weighted by Crippen LogP contribution is 2.19. The molecule has 1 N–H and O–H groups in total. The Kier molecular flexibility index (Phi) is 4.13. The molecule has 0 fully saturated rings. The molecule has 1 rings (SSSR count). The number of hydrogen-bond donors (Lipinski definition) is 1. The molecule has 0 heterocycles. The number of carboxylic acids is 1. The Morgan fingerprint density at radius 2 is 2.19 bits per heavy atom. The number of rotatable bonds is 4. The highest BCUT2D eigenvalue weighted by Gasteiger charge is 2.10. The van der Waals surface area contributed by atoms with Gasteiger partial charge in [0.2, 0.25) is 0 Å². The van der Waals surface area contributed by atoms with Gasteiger partial charge in [0.1, 0.15) is 11.6 Å². The van der Waals surface area contributed by atoms with Crippen molar-refractivity contribution >= 4 is 11.5 Å². The Hall–Kier alpha value is -1.75. The molecule has 0 amide bonds. The second-order valence-corrected chi connectivity index (χ2v) is 3.06. The van der Waals surface area contributed by atoms with Gasteiger partial charge in [-0.1, -0.05) is 0 Å². The molecule has 0 aliphatic rings. The number of carbonyl (C=O) groups is 1. The van der Waals surface area contributed by atoms with Crippen LogP contribution in [0.3, 0.4) is 0 Å². The van der Waals surface area contributed by atoms with Crippen molar-refractivity contribution in [2.45, 2.75) is 0 Å². The van der Waals surface area contributed by atoms with Gasteiger partial charge in [-0.2, -0.15) is 0 Å². The van der Waals surface area contributed by atoms with Crippen LogP contribution < -0.4 is 0 Å². The summed E-state index contributed by atoms with van der Waals surface area (Å²) in [6, 6.07) is 2.93. The molecule has 0 saturated heterocycles. The summed E-state index contributed by atoms with van der Waals surface area (Å²) >= 11 is 0. The number of hydrogen-bond acceptors (Lipinski definition) is 2. The van der Waals surface area contributed by atoms with Crippen LogP contribution in [0.1, 0.15) is 5.56 Å². The predicted octanol–water partition coefficient (Wildman–Crippen LogP) is 2.08. The third-order valence-corrected chi connectivity index (χ3v) is 1.87. The summed E-state index contributed by atoms with van der Waals surface area (Å²) in [6.07, 6.45) is 0.833. The van der Waals surface area contributed by atoms with Gasteiger partial charge in [-0.25, -0.2) is 13.6 Å². The molecule has 1 aromatic rings. The van der Waals surface area contributed by atoms with Gasteiger partial charge < -0.3 is 9.84 Å². The fourth-order valence-corrected chi connectivity index (χ4v) is 1.25. The minimum atomic E-state index is -1.21. The first kappa shape index (κ1) is 12.3. The number of methoxy groups -OCH3 is 1. The van der Waals surface area contributed by atoms with Crippen LogP contribution in [0.15, 0.2) is 24.3 Å². The average molecular weight is 228 g/mol. The molecule has 1 aromatic carbocycles. The van der Waals surface area contributed by atoms with E-state index in [1.165, 1.54) is 13.2 Å². The molecule has 0 saturated carbocycles. The number of benzene rings is 1. The average Bonchev–Trinajstić information content (AvgIpc) is 2.16. The van der Waals surface area contributed by atoms with Crippen LogP contribution in [0, 0.1) is 11.6 Å². The zero-order valence-corrected chi connectivity index (χ0v) is 8.54. The maximum Gasteiger partial charge on any atom is 0.328 e. The first-order valence-corrected chi connectivity index (χ1v) is 4.42. The second-order valence-electron chi connectivity index (χ2n) is 3.06. The lowest BCUT2D eigenvalue weighted by Crippen LogP contribution is -2.01. The van der Waals surface area contributed by atoms with Gasteiger partial charge in [-0.05, 0) is 17.7 Å². The van der Waals surface area contributed by atoms with E-state index in [0.717, 1.165) is 12.1 Å². The highest BCUT2D eigenvalue weighted by atomic mass is 19.1. The van der Waals surface area contributed by atoms with Crippen LogP contribution in [0.5, 0.6) is 0 Å². The maximum atomic E-state index is 13.3. The van der Waals surface area contributed by atoms with Crippen LogP contribution in [0.4, 0.5) is 8.78 Å². The van der Waals surface area contributed by atoms with E-state index in [2.05, 4.69) is 0 Å². The molecule has 3 nitrogen and oxygen atoms in total. The van der Waals surface area contributed by atoms with Crippen molar-refractivity contribution in [2.75, 3.05) is 13.7 Å². The maximum absolute atomic E-state index is 13.3. The molecular weight excluding hydrogens is 218 g/mol. The summed E-state index contributed by atoms with van der Waals surface area (Å²) in [6.45, 7) is -0.0607. The molecule has 0 unspecified atom stereocenters. The van der Waals surface area contributed by atoms with E-state index in [1.54, 1.807) is 0 Å². The van der Waals surface area contributed by atoms with Crippen LogP contribution in [-0.4, -0.2) is 24.8 Å². The Bertz CT molecular complexity index is 427. The fourth-order valence-electron chi connectivity index (χ4n) is 1.25. The van der Waals surface area contributed by atoms with Crippen molar-refractivity contribution in [2.24, 2.45) is 0 Å². The van der Waals surface area contributed by atoms with Crippen molar-refractivity contribution in [3.63, 3.8) is 0 Å². The van der Waals surface area contributed by atoms with Crippen LogP contribution >= 0.6 is 0 Å². The fraction of sp³-hybridized carbons (Fsp3) is 0.182. The van der Waals surface area contributed by atoms with E-state index in [9.17, 15) is 13.6 Å². The number of ether oxygens (including phenoxy) is 1. The van der Waals surface area contributed by atoms with E-state index in [1.807, 2.05) is 0 Å².